The topological polar surface area (TPSA) is 71.0 Å². The molecule has 2 aromatic rings. The molecule has 1 aliphatic heterocycles. The van der Waals surface area contributed by atoms with Crippen LogP contribution in [0.25, 0.3) is 0 Å². The van der Waals surface area contributed by atoms with E-state index in [1.165, 1.54) is 5.56 Å². The van der Waals surface area contributed by atoms with E-state index in [1.807, 2.05) is 30.5 Å². The zero-order valence-electron chi connectivity index (χ0n) is 18.2. The first-order valence-electron chi connectivity index (χ1n) is 10.7. The molecule has 2 N–H and O–H groups in total. The average Bonchev–Trinajstić information content (AvgIpc) is 2.76. The Morgan fingerprint density at radius 1 is 1.23 bits per heavy atom. The third kappa shape index (κ3) is 6.62. The molecule has 0 amide bonds. The van der Waals surface area contributed by atoms with Crippen molar-refractivity contribution in [2.24, 2.45) is 4.99 Å². The molecule has 1 aromatic carbocycles. The lowest BCUT2D eigenvalue weighted by Crippen LogP contribution is -2.42. The highest BCUT2D eigenvalue weighted by molar-refractivity contribution is 5.79. The molecule has 2 heterocycles. The van der Waals surface area contributed by atoms with E-state index in [4.69, 9.17) is 14.5 Å². The number of rotatable bonds is 8. The number of hydrogen-bond acceptors (Lipinski definition) is 5. The van der Waals surface area contributed by atoms with Crippen molar-refractivity contribution >= 4 is 11.8 Å². The van der Waals surface area contributed by atoms with Gasteiger partial charge < -0.3 is 25.0 Å². The predicted molar refractivity (Wildman–Crippen MR) is 121 cm³/mol. The van der Waals surface area contributed by atoms with Crippen molar-refractivity contribution in [1.82, 2.24) is 15.6 Å². The summed E-state index contributed by atoms with van der Waals surface area (Å²) in [5.74, 6) is 2.65. The summed E-state index contributed by atoms with van der Waals surface area (Å²) in [6.07, 6.45) is 1.85. The van der Waals surface area contributed by atoms with Gasteiger partial charge in [0.1, 0.15) is 17.7 Å². The highest BCUT2D eigenvalue weighted by Crippen LogP contribution is 2.19. The van der Waals surface area contributed by atoms with Gasteiger partial charge in [-0.25, -0.2) is 9.98 Å². The van der Waals surface area contributed by atoms with Crippen LogP contribution in [-0.2, 0) is 11.3 Å². The molecule has 162 valence electrons. The molecule has 1 atom stereocenters. The summed E-state index contributed by atoms with van der Waals surface area (Å²) in [4.78, 5) is 11.6. The average molecular weight is 412 g/mol. The van der Waals surface area contributed by atoms with Crippen LogP contribution in [0.3, 0.4) is 0 Å². The standard InChI is InChI=1S/C23H33N5O2/c1-4-24-23(26-16-19(3)30-21-9-5-7-18(2)15-21)27-17-20-8-6-10-25-22(20)28-11-13-29-14-12-28/h5-10,15,19H,4,11-14,16-17H2,1-3H3,(H2,24,26,27). The Morgan fingerprint density at radius 3 is 2.83 bits per heavy atom. The lowest BCUT2D eigenvalue weighted by atomic mass is 10.2. The molecular formula is C23H33N5O2. The fraction of sp³-hybridized carbons (Fsp3) is 0.478. The van der Waals surface area contributed by atoms with Crippen LogP contribution < -0.4 is 20.3 Å². The third-order valence-electron chi connectivity index (χ3n) is 4.81. The van der Waals surface area contributed by atoms with Crippen LogP contribution in [0.1, 0.15) is 25.0 Å². The second kappa shape index (κ2) is 11.4. The molecule has 7 heteroatoms. The number of guanidine groups is 1. The molecule has 3 rings (SSSR count). The first kappa shape index (κ1) is 21.9. The van der Waals surface area contributed by atoms with Gasteiger partial charge in [0.2, 0.25) is 0 Å². The first-order valence-corrected chi connectivity index (χ1v) is 10.7. The second-order valence-corrected chi connectivity index (χ2v) is 7.41. The maximum Gasteiger partial charge on any atom is 0.191 e. The van der Waals surface area contributed by atoms with E-state index in [0.29, 0.717) is 13.1 Å². The Labute approximate surface area is 179 Å². The van der Waals surface area contributed by atoms with Crippen molar-refractivity contribution in [2.75, 3.05) is 44.3 Å². The summed E-state index contributed by atoms with van der Waals surface area (Å²) >= 11 is 0. The van der Waals surface area contributed by atoms with Crippen LogP contribution in [-0.4, -0.2) is 56.4 Å². The fourth-order valence-electron chi connectivity index (χ4n) is 3.32. The Morgan fingerprint density at radius 2 is 2.07 bits per heavy atom. The quantitative estimate of drug-likeness (QED) is 0.514. The molecule has 0 aliphatic carbocycles. The van der Waals surface area contributed by atoms with Gasteiger partial charge in [0.25, 0.3) is 0 Å². The number of pyridine rings is 1. The van der Waals surface area contributed by atoms with E-state index >= 15 is 0 Å². The van der Waals surface area contributed by atoms with Gasteiger partial charge in [0, 0.05) is 31.4 Å². The molecule has 30 heavy (non-hydrogen) atoms. The number of aromatic nitrogens is 1. The van der Waals surface area contributed by atoms with E-state index in [9.17, 15) is 0 Å². The number of ether oxygens (including phenoxy) is 2. The van der Waals surface area contributed by atoms with Crippen LogP contribution in [0.2, 0.25) is 0 Å². The van der Waals surface area contributed by atoms with Crippen LogP contribution in [0.15, 0.2) is 47.6 Å². The van der Waals surface area contributed by atoms with E-state index in [1.54, 1.807) is 0 Å². The van der Waals surface area contributed by atoms with E-state index in [2.05, 4.69) is 53.4 Å². The van der Waals surface area contributed by atoms with Crippen LogP contribution in [0.5, 0.6) is 5.75 Å². The minimum absolute atomic E-state index is 0.0120. The molecule has 1 fully saturated rings. The molecular weight excluding hydrogens is 378 g/mol. The van der Waals surface area contributed by atoms with Gasteiger partial charge in [-0.3, -0.25) is 0 Å². The summed E-state index contributed by atoms with van der Waals surface area (Å²) in [6.45, 7) is 11.4. The molecule has 1 unspecified atom stereocenters. The summed E-state index contributed by atoms with van der Waals surface area (Å²) in [7, 11) is 0. The molecule has 1 aliphatic rings. The van der Waals surface area contributed by atoms with Gasteiger partial charge in [-0.2, -0.15) is 0 Å². The molecule has 0 saturated carbocycles. The van der Waals surface area contributed by atoms with Gasteiger partial charge in [0.05, 0.1) is 26.3 Å². The van der Waals surface area contributed by atoms with Crippen molar-refractivity contribution in [3.63, 3.8) is 0 Å². The Bertz CT molecular complexity index is 821. The Kier molecular flexibility index (Phi) is 8.32. The lowest BCUT2D eigenvalue weighted by molar-refractivity contribution is 0.122. The van der Waals surface area contributed by atoms with Crippen LogP contribution in [0.4, 0.5) is 5.82 Å². The van der Waals surface area contributed by atoms with E-state index in [0.717, 1.165) is 55.9 Å². The maximum absolute atomic E-state index is 6.01. The number of nitrogens with zero attached hydrogens (tertiary/aromatic N) is 3. The van der Waals surface area contributed by atoms with Crippen molar-refractivity contribution in [1.29, 1.82) is 0 Å². The van der Waals surface area contributed by atoms with Crippen LogP contribution >= 0.6 is 0 Å². The molecule has 0 spiro atoms. The van der Waals surface area contributed by atoms with Crippen molar-refractivity contribution < 1.29 is 9.47 Å². The number of aliphatic imine (C=N–C) groups is 1. The molecule has 0 bridgehead atoms. The zero-order chi connectivity index (χ0) is 21.2. The molecule has 1 saturated heterocycles. The summed E-state index contributed by atoms with van der Waals surface area (Å²) in [6, 6.07) is 12.2. The van der Waals surface area contributed by atoms with Gasteiger partial charge in [-0.1, -0.05) is 18.2 Å². The summed E-state index contributed by atoms with van der Waals surface area (Å²) in [5, 5.41) is 6.69. The Hall–Kier alpha value is -2.80. The molecule has 7 nitrogen and oxygen atoms in total. The van der Waals surface area contributed by atoms with Crippen molar-refractivity contribution in [3.8, 4) is 5.75 Å². The van der Waals surface area contributed by atoms with Gasteiger partial charge in [-0.05, 0) is 44.5 Å². The maximum atomic E-state index is 6.01. The SMILES string of the molecule is CCNC(=NCc1cccnc1N1CCOCC1)NCC(C)Oc1cccc(C)c1. The minimum Gasteiger partial charge on any atom is -0.489 e. The summed E-state index contributed by atoms with van der Waals surface area (Å²) in [5.41, 5.74) is 2.30. The van der Waals surface area contributed by atoms with Gasteiger partial charge in [-0.15, -0.1) is 0 Å². The number of aryl methyl sites for hydroxylation is 1. The third-order valence-corrected chi connectivity index (χ3v) is 4.81. The van der Waals surface area contributed by atoms with Crippen molar-refractivity contribution in [2.45, 2.75) is 33.4 Å². The second-order valence-electron chi connectivity index (χ2n) is 7.41. The van der Waals surface area contributed by atoms with E-state index < -0.39 is 0 Å². The normalized spacial score (nSPS) is 15.6. The number of morpholine rings is 1. The molecule has 0 radical (unpaired) electrons. The van der Waals surface area contributed by atoms with Gasteiger partial charge >= 0.3 is 0 Å². The van der Waals surface area contributed by atoms with Gasteiger partial charge in [0.15, 0.2) is 5.96 Å². The monoisotopic (exact) mass is 411 g/mol. The van der Waals surface area contributed by atoms with E-state index in [-0.39, 0.29) is 6.10 Å². The lowest BCUT2D eigenvalue weighted by Gasteiger charge is -2.29. The zero-order valence-corrected chi connectivity index (χ0v) is 18.2. The number of nitrogens with one attached hydrogen (secondary N) is 2. The minimum atomic E-state index is 0.0120. The van der Waals surface area contributed by atoms with Crippen molar-refractivity contribution in [3.05, 3.63) is 53.7 Å². The largest absolute Gasteiger partial charge is 0.489 e. The summed E-state index contributed by atoms with van der Waals surface area (Å²) < 4.78 is 11.5. The predicted octanol–water partition coefficient (Wildman–Crippen LogP) is 2.75. The highest BCUT2D eigenvalue weighted by atomic mass is 16.5. The van der Waals surface area contributed by atoms with Crippen LogP contribution in [0, 0.1) is 6.92 Å². The number of anilines is 1. The smallest absolute Gasteiger partial charge is 0.191 e. The Balaban J connectivity index is 1.59. The first-order chi connectivity index (χ1) is 14.7. The fourth-order valence-corrected chi connectivity index (χ4v) is 3.32. The molecule has 1 aromatic heterocycles. The number of benzene rings is 1. The number of hydrogen-bond donors (Lipinski definition) is 2. The highest BCUT2D eigenvalue weighted by Gasteiger charge is 2.15.